The van der Waals surface area contributed by atoms with Gasteiger partial charge in [0.15, 0.2) is 0 Å². The number of H-pyrrole nitrogens is 1. The van der Waals surface area contributed by atoms with Crippen LogP contribution in [0.25, 0.3) is 16.6 Å². The second kappa shape index (κ2) is 9.57. The number of carbonyl (C=O) groups excluding carboxylic acids is 1. The van der Waals surface area contributed by atoms with Gasteiger partial charge in [0.05, 0.1) is 6.04 Å². The first-order chi connectivity index (χ1) is 15.8. The van der Waals surface area contributed by atoms with Crippen LogP contribution in [0.3, 0.4) is 0 Å². The summed E-state index contributed by atoms with van der Waals surface area (Å²) in [6.45, 7) is 4.73. The summed E-state index contributed by atoms with van der Waals surface area (Å²) in [4.78, 5) is 25.1. The van der Waals surface area contributed by atoms with Crippen molar-refractivity contribution >= 4 is 22.6 Å². The van der Waals surface area contributed by atoms with Crippen molar-refractivity contribution in [3.05, 3.63) is 72.1 Å². The molecule has 1 aromatic carbocycles. The summed E-state index contributed by atoms with van der Waals surface area (Å²) in [7, 11) is 0. The number of amides is 2. The number of aromatic nitrogens is 2. The second-order valence-corrected chi connectivity index (χ2v) is 8.77. The number of carbonyl (C=O) groups is 1. The van der Waals surface area contributed by atoms with E-state index in [0.29, 0.717) is 6.54 Å². The van der Waals surface area contributed by atoms with Gasteiger partial charge in [-0.05, 0) is 67.6 Å². The summed E-state index contributed by atoms with van der Waals surface area (Å²) < 4.78 is 0. The third-order valence-electron chi connectivity index (χ3n) is 6.73. The van der Waals surface area contributed by atoms with Gasteiger partial charge in [-0.3, -0.25) is 0 Å². The van der Waals surface area contributed by atoms with Crippen LogP contribution in [0.1, 0.15) is 42.9 Å². The molecule has 5 rings (SSSR count). The van der Waals surface area contributed by atoms with Gasteiger partial charge in [0, 0.05) is 37.4 Å². The Labute approximate surface area is 189 Å². The molecule has 2 amide bonds. The average Bonchev–Trinajstić information content (AvgIpc) is 3.54. The third kappa shape index (κ3) is 4.55. The summed E-state index contributed by atoms with van der Waals surface area (Å²) >= 11 is 0. The number of fused-ring (bicyclic) bond motifs is 1. The molecule has 4 heterocycles. The Morgan fingerprint density at radius 3 is 2.72 bits per heavy atom. The minimum atomic E-state index is 0.0251. The highest BCUT2D eigenvalue weighted by Crippen LogP contribution is 2.28. The fourth-order valence-electron chi connectivity index (χ4n) is 4.90. The molecule has 6 heteroatoms. The van der Waals surface area contributed by atoms with Gasteiger partial charge >= 0.3 is 6.03 Å². The highest BCUT2D eigenvalue weighted by molar-refractivity contribution is 5.90. The number of aromatic amines is 1. The Balaban J connectivity index is 1.25. The van der Waals surface area contributed by atoms with Gasteiger partial charge < -0.3 is 20.1 Å². The lowest BCUT2D eigenvalue weighted by Crippen LogP contribution is -2.44. The minimum absolute atomic E-state index is 0.0251. The lowest BCUT2D eigenvalue weighted by Gasteiger charge is -2.30. The van der Waals surface area contributed by atoms with Crippen LogP contribution in [0.5, 0.6) is 0 Å². The molecule has 6 nitrogen and oxygen atoms in total. The lowest BCUT2D eigenvalue weighted by molar-refractivity contribution is 0.196. The van der Waals surface area contributed by atoms with Gasteiger partial charge in [-0.1, -0.05) is 36.4 Å². The van der Waals surface area contributed by atoms with E-state index in [1.165, 1.54) is 42.6 Å². The summed E-state index contributed by atoms with van der Waals surface area (Å²) in [5, 5.41) is 4.46. The SMILES string of the molecule is O=C(NC(CCN1CCCC1)c1ccccc1)N1CC=C(c2ccnc3[nH]ccc23)CC1. The van der Waals surface area contributed by atoms with Crippen molar-refractivity contribution in [2.75, 3.05) is 32.7 Å². The molecule has 1 atom stereocenters. The second-order valence-electron chi connectivity index (χ2n) is 8.77. The van der Waals surface area contributed by atoms with Crippen LogP contribution in [-0.4, -0.2) is 58.5 Å². The van der Waals surface area contributed by atoms with Gasteiger partial charge in [-0.2, -0.15) is 0 Å². The normalized spacial score (nSPS) is 18.0. The highest BCUT2D eigenvalue weighted by atomic mass is 16.2. The summed E-state index contributed by atoms with van der Waals surface area (Å²) in [5.41, 5.74) is 4.59. The lowest BCUT2D eigenvalue weighted by atomic mass is 9.98. The standard InChI is InChI=1S/C26H31N5O/c32-26(29-24(21-6-2-1-3-7-21)12-17-30-15-4-5-16-30)31-18-10-20(11-19-31)22-8-13-27-25-23(22)9-14-28-25/h1-3,6-10,13-14,24H,4-5,11-12,15-19H2,(H,27,28)(H,29,32). The van der Waals surface area contributed by atoms with E-state index in [1.54, 1.807) is 0 Å². The number of rotatable bonds is 6. The quantitative estimate of drug-likeness (QED) is 0.602. The van der Waals surface area contributed by atoms with Crippen molar-refractivity contribution in [3.63, 3.8) is 0 Å². The molecule has 0 spiro atoms. The van der Waals surface area contributed by atoms with E-state index in [2.05, 4.69) is 62.7 Å². The van der Waals surface area contributed by atoms with E-state index in [9.17, 15) is 4.79 Å². The average molecular weight is 430 g/mol. The van der Waals surface area contributed by atoms with Crippen LogP contribution in [0.4, 0.5) is 4.79 Å². The van der Waals surface area contributed by atoms with Gasteiger partial charge in [-0.15, -0.1) is 0 Å². The molecule has 0 radical (unpaired) electrons. The Morgan fingerprint density at radius 2 is 1.94 bits per heavy atom. The van der Waals surface area contributed by atoms with E-state index in [0.717, 1.165) is 37.0 Å². The molecule has 166 valence electrons. The Hall–Kier alpha value is -3.12. The molecule has 1 fully saturated rings. The maximum atomic E-state index is 13.1. The van der Waals surface area contributed by atoms with Crippen LogP contribution < -0.4 is 5.32 Å². The molecule has 2 aromatic heterocycles. The van der Waals surface area contributed by atoms with Crippen molar-refractivity contribution in [1.82, 2.24) is 25.1 Å². The predicted molar refractivity (Wildman–Crippen MR) is 128 cm³/mol. The van der Waals surface area contributed by atoms with E-state index in [1.807, 2.05) is 23.4 Å². The van der Waals surface area contributed by atoms with E-state index in [4.69, 9.17) is 0 Å². The molecule has 2 aliphatic rings. The van der Waals surface area contributed by atoms with Crippen LogP contribution in [0.15, 0.2) is 60.9 Å². The molecule has 2 N–H and O–H groups in total. The van der Waals surface area contributed by atoms with Crippen molar-refractivity contribution in [3.8, 4) is 0 Å². The number of hydrogen-bond acceptors (Lipinski definition) is 3. The van der Waals surface area contributed by atoms with E-state index in [-0.39, 0.29) is 12.1 Å². The summed E-state index contributed by atoms with van der Waals surface area (Å²) in [6, 6.07) is 14.6. The zero-order valence-corrected chi connectivity index (χ0v) is 18.5. The smallest absolute Gasteiger partial charge is 0.318 e. The maximum Gasteiger partial charge on any atom is 0.318 e. The van der Waals surface area contributed by atoms with Crippen LogP contribution in [0.2, 0.25) is 0 Å². The summed E-state index contributed by atoms with van der Waals surface area (Å²) in [5.74, 6) is 0. The number of hydrogen-bond donors (Lipinski definition) is 2. The number of nitrogens with zero attached hydrogens (tertiary/aromatic N) is 3. The fourth-order valence-corrected chi connectivity index (χ4v) is 4.90. The molecule has 0 aliphatic carbocycles. The first-order valence-corrected chi connectivity index (χ1v) is 11.7. The Bertz CT molecular complexity index is 1080. The van der Waals surface area contributed by atoms with Crippen LogP contribution >= 0.6 is 0 Å². The number of pyridine rings is 1. The van der Waals surface area contributed by atoms with Crippen molar-refractivity contribution in [2.24, 2.45) is 0 Å². The molecule has 1 saturated heterocycles. The van der Waals surface area contributed by atoms with E-state index >= 15 is 0 Å². The molecule has 0 saturated carbocycles. The van der Waals surface area contributed by atoms with Gasteiger partial charge in [0.2, 0.25) is 0 Å². The molecule has 0 bridgehead atoms. The molecular formula is C26H31N5O. The minimum Gasteiger partial charge on any atom is -0.346 e. The first kappa shape index (κ1) is 20.8. The number of nitrogens with one attached hydrogen (secondary N) is 2. The third-order valence-corrected chi connectivity index (χ3v) is 6.73. The molecule has 32 heavy (non-hydrogen) atoms. The van der Waals surface area contributed by atoms with Crippen molar-refractivity contribution in [2.45, 2.75) is 31.7 Å². The number of likely N-dealkylation sites (tertiary alicyclic amines) is 1. The summed E-state index contributed by atoms with van der Waals surface area (Å²) in [6.07, 6.45) is 10.3. The largest absolute Gasteiger partial charge is 0.346 e. The van der Waals surface area contributed by atoms with Gasteiger partial charge in [-0.25, -0.2) is 9.78 Å². The molecule has 1 unspecified atom stereocenters. The fraction of sp³-hybridized carbons (Fsp3) is 0.385. The molecule has 2 aliphatic heterocycles. The van der Waals surface area contributed by atoms with Crippen molar-refractivity contribution < 1.29 is 4.79 Å². The number of benzene rings is 1. The maximum absolute atomic E-state index is 13.1. The Morgan fingerprint density at radius 1 is 1.09 bits per heavy atom. The van der Waals surface area contributed by atoms with Crippen LogP contribution in [-0.2, 0) is 0 Å². The van der Waals surface area contributed by atoms with Crippen molar-refractivity contribution in [1.29, 1.82) is 0 Å². The predicted octanol–water partition coefficient (Wildman–Crippen LogP) is 4.59. The molecular weight excluding hydrogens is 398 g/mol. The molecule has 3 aromatic rings. The zero-order valence-electron chi connectivity index (χ0n) is 18.5. The monoisotopic (exact) mass is 429 g/mol. The van der Waals surface area contributed by atoms with E-state index < -0.39 is 0 Å². The first-order valence-electron chi connectivity index (χ1n) is 11.7. The highest BCUT2D eigenvalue weighted by Gasteiger charge is 2.23. The van der Waals surface area contributed by atoms with Gasteiger partial charge in [0.25, 0.3) is 0 Å². The van der Waals surface area contributed by atoms with Crippen LogP contribution in [0, 0.1) is 0 Å². The zero-order chi connectivity index (χ0) is 21.8. The topological polar surface area (TPSA) is 64.3 Å². The number of urea groups is 1. The Kier molecular flexibility index (Phi) is 6.21. The van der Waals surface area contributed by atoms with Gasteiger partial charge in [0.1, 0.15) is 5.65 Å².